The van der Waals surface area contributed by atoms with E-state index in [4.69, 9.17) is 10.8 Å². The zero-order chi connectivity index (χ0) is 12.7. The smallest absolute Gasteiger partial charge is 0.303 e. The minimum atomic E-state index is -0.840. The highest BCUT2D eigenvalue weighted by Crippen LogP contribution is 2.17. The van der Waals surface area contributed by atoms with Crippen molar-refractivity contribution in [2.75, 3.05) is 6.54 Å². The number of halogens is 1. The van der Waals surface area contributed by atoms with E-state index < -0.39 is 12.1 Å². The molecule has 0 radical (unpaired) electrons. The average Bonchev–Trinajstić information content (AvgIpc) is 2.34. The lowest BCUT2D eigenvalue weighted by molar-refractivity contribution is -0.137. The fourth-order valence-electron chi connectivity index (χ4n) is 1.85. The van der Waals surface area contributed by atoms with Gasteiger partial charge in [-0.25, -0.2) is 0 Å². The zero-order valence-electron chi connectivity index (χ0n) is 10.2. The van der Waals surface area contributed by atoms with Crippen molar-refractivity contribution in [3.05, 3.63) is 35.9 Å². The molecule has 4 N–H and O–H groups in total. The lowest BCUT2D eigenvalue weighted by Crippen LogP contribution is -2.30. The van der Waals surface area contributed by atoms with Crippen LogP contribution in [0, 0.1) is 5.92 Å². The van der Waals surface area contributed by atoms with E-state index in [1.54, 1.807) is 0 Å². The number of hydrogen-bond acceptors (Lipinski definition) is 3. The third-order valence-electron chi connectivity index (χ3n) is 2.86. The Balaban J connectivity index is 0.00000289. The van der Waals surface area contributed by atoms with E-state index in [0.29, 0.717) is 12.8 Å². The summed E-state index contributed by atoms with van der Waals surface area (Å²) in [7, 11) is 0. The third kappa shape index (κ3) is 6.00. The highest BCUT2D eigenvalue weighted by Gasteiger charge is 2.19. The molecule has 1 aromatic rings. The number of benzene rings is 1. The summed E-state index contributed by atoms with van der Waals surface area (Å²) in [4.78, 5) is 10.6. The van der Waals surface area contributed by atoms with Crippen LogP contribution in [-0.4, -0.2) is 28.8 Å². The molecular formula is C13H20ClNO3. The van der Waals surface area contributed by atoms with Gasteiger partial charge in [-0.15, -0.1) is 12.4 Å². The molecule has 2 atom stereocenters. The van der Waals surface area contributed by atoms with Crippen LogP contribution < -0.4 is 5.73 Å². The lowest BCUT2D eigenvalue weighted by Gasteiger charge is -2.21. The normalized spacial score (nSPS) is 13.4. The summed E-state index contributed by atoms with van der Waals surface area (Å²) in [5.74, 6) is -0.939. The number of hydrogen-bond donors (Lipinski definition) is 3. The van der Waals surface area contributed by atoms with Crippen LogP contribution in [0.3, 0.4) is 0 Å². The van der Waals surface area contributed by atoms with Gasteiger partial charge >= 0.3 is 5.97 Å². The van der Waals surface area contributed by atoms with Gasteiger partial charge in [-0.3, -0.25) is 4.79 Å². The Bertz CT molecular complexity index is 345. The topological polar surface area (TPSA) is 83.5 Å². The first-order chi connectivity index (χ1) is 8.13. The van der Waals surface area contributed by atoms with Gasteiger partial charge in [-0.1, -0.05) is 30.3 Å². The molecule has 0 amide bonds. The van der Waals surface area contributed by atoms with E-state index in [1.807, 2.05) is 30.3 Å². The second kappa shape index (κ2) is 8.91. The molecule has 0 saturated carbocycles. The molecule has 0 aromatic heterocycles. The number of aliphatic carboxylic acids is 1. The molecule has 1 rings (SSSR count). The summed E-state index contributed by atoms with van der Waals surface area (Å²) in [6.45, 7) is 0.164. The first-order valence-electron chi connectivity index (χ1n) is 5.77. The second-order valence-electron chi connectivity index (χ2n) is 4.19. The van der Waals surface area contributed by atoms with E-state index in [0.717, 1.165) is 5.56 Å². The molecular weight excluding hydrogens is 254 g/mol. The molecule has 4 nitrogen and oxygen atoms in total. The molecule has 18 heavy (non-hydrogen) atoms. The predicted octanol–water partition coefficient (Wildman–Crippen LogP) is 1.45. The van der Waals surface area contributed by atoms with Gasteiger partial charge < -0.3 is 15.9 Å². The second-order valence-corrected chi connectivity index (χ2v) is 4.19. The Hall–Kier alpha value is -1.10. The first-order valence-corrected chi connectivity index (χ1v) is 5.77. The molecule has 0 heterocycles. The molecule has 1 aromatic carbocycles. The standard InChI is InChI=1S/C13H19NO3.ClH/c14-9-12(15)11(6-7-13(16)17)8-10-4-2-1-3-5-10;/h1-5,11-12,15H,6-9,14H2,(H,16,17);1H. The zero-order valence-corrected chi connectivity index (χ0v) is 11.0. The van der Waals surface area contributed by atoms with E-state index in [2.05, 4.69) is 0 Å². The molecule has 0 bridgehead atoms. The van der Waals surface area contributed by atoms with Gasteiger partial charge in [-0.2, -0.15) is 0 Å². The van der Waals surface area contributed by atoms with Gasteiger partial charge in [0.2, 0.25) is 0 Å². The maximum absolute atomic E-state index is 10.6. The van der Waals surface area contributed by atoms with Crippen LogP contribution in [0.1, 0.15) is 18.4 Å². The van der Waals surface area contributed by atoms with Gasteiger partial charge in [0.15, 0.2) is 0 Å². The average molecular weight is 274 g/mol. The molecule has 5 heteroatoms. The van der Waals surface area contributed by atoms with Crippen LogP contribution in [0.4, 0.5) is 0 Å². The molecule has 0 aliphatic heterocycles. The van der Waals surface area contributed by atoms with Crippen molar-refractivity contribution >= 4 is 18.4 Å². The highest BCUT2D eigenvalue weighted by molar-refractivity contribution is 5.85. The molecule has 2 unspecified atom stereocenters. The van der Waals surface area contributed by atoms with Gasteiger partial charge in [0.25, 0.3) is 0 Å². The van der Waals surface area contributed by atoms with Crippen molar-refractivity contribution in [3.8, 4) is 0 Å². The molecule has 0 fully saturated rings. The van der Waals surface area contributed by atoms with Crippen LogP contribution in [0.5, 0.6) is 0 Å². The Morgan fingerprint density at radius 1 is 1.28 bits per heavy atom. The maximum Gasteiger partial charge on any atom is 0.303 e. The summed E-state index contributed by atoms with van der Waals surface area (Å²) in [5, 5.41) is 18.4. The number of rotatable bonds is 7. The number of carboxylic acid groups (broad SMARTS) is 1. The minimum Gasteiger partial charge on any atom is -0.481 e. The Kier molecular flexibility index (Phi) is 8.37. The third-order valence-corrected chi connectivity index (χ3v) is 2.86. The van der Waals surface area contributed by atoms with Crippen molar-refractivity contribution in [3.63, 3.8) is 0 Å². The minimum absolute atomic E-state index is 0. The van der Waals surface area contributed by atoms with Gasteiger partial charge in [0, 0.05) is 13.0 Å². The number of aliphatic hydroxyl groups is 1. The largest absolute Gasteiger partial charge is 0.481 e. The number of carboxylic acids is 1. The van der Waals surface area contributed by atoms with E-state index in [9.17, 15) is 9.90 Å². The molecule has 102 valence electrons. The van der Waals surface area contributed by atoms with Crippen LogP contribution in [0.2, 0.25) is 0 Å². The van der Waals surface area contributed by atoms with Crippen molar-refractivity contribution in [1.29, 1.82) is 0 Å². The predicted molar refractivity (Wildman–Crippen MR) is 72.8 cm³/mol. The van der Waals surface area contributed by atoms with Crippen molar-refractivity contribution in [2.24, 2.45) is 11.7 Å². The van der Waals surface area contributed by atoms with Gasteiger partial charge in [-0.05, 0) is 24.3 Å². The molecule has 0 saturated heterocycles. The molecule has 0 aliphatic rings. The fraction of sp³-hybridized carbons (Fsp3) is 0.462. The maximum atomic E-state index is 10.6. The van der Waals surface area contributed by atoms with Crippen LogP contribution in [0.25, 0.3) is 0 Å². The number of carbonyl (C=O) groups is 1. The lowest BCUT2D eigenvalue weighted by atomic mass is 9.90. The number of nitrogens with two attached hydrogens (primary N) is 1. The summed E-state index contributed by atoms with van der Waals surface area (Å²) in [5.41, 5.74) is 6.53. The van der Waals surface area contributed by atoms with Crippen molar-refractivity contribution in [2.45, 2.75) is 25.4 Å². The molecule has 0 aliphatic carbocycles. The summed E-state index contributed by atoms with van der Waals surface area (Å²) < 4.78 is 0. The Morgan fingerprint density at radius 2 is 1.89 bits per heavy atom. The SMILES string of the molecule is Cl.NCC(O)C(CCC(=O)O)Cc1ccccc1. The Morgan fingerprint density at radius 3 is 2.39 bits per heavy atom. The summed E-state index contributed by atoms with van der Waals surface area (Å²) >= 11 is 0. The highest BCUT2D eigenvalue weighted by atomic mass is 35.5. The van der Waals surface area contributed by atoms with Crippen molar-refractivity contribution < 1.29 is 15.0 Å². The van der Waals surface area contributed by atoms with Crippen LogP contribution in [0.15, 0.2) is 30.3 Å². The first kappa shape index (κ1) is 16.9. The fourth-order valence-corrected chi connectivity index (χ4v) is 1.85. The van der Waals surface area contributed by atoms with E-state index in [1.165, 1.54) is 0 Å². The number of aliphatic hydroxyl groups excluding tert-OH is 1. The summed E-state index contributed by atoms with van der Waals surface area (Å²) in [6, 6.07) is 9.72. The van der Waals surface area contributed by atoms with Gasteiger partial charge in [0.05, 0.1) is 6.10 Å². The monoisotopic (exact) mass is 273 g/mol. The van der Waals surface area contributed by atoms with E-state index in [-0.39, 0.29) is 31.3 Å². The van der Waals surface area contributed by atoms with Gasteiger partial charge in [0.1, 0.15) is 0 Å². The van der Waals surface area contributed by atoms with E-state index >= 15 is 0 Å². The van der Waals surface area contributed by atoms with Crippen molar-refractivity contribution in [1.82, 2.24) is 0 Å². The molecule has 0 spiro atoms. The van der Waals surface area contributed by atoms with Crippen LogP contribution >= 0.6 is 12.4 Å². The Labute approximate surface area is 113 Å². The van der Waals surface area contributed by atoms with Crippen LogP contribution in [-0.2, 0) is 11.2 Å². The summed E-state index contributed by atoms with van der Waals surface area (Å²) in [6.07, 6.45) is 0.526. The quantitative estimate of drug-likeness (QED) is 0.702.